The average molecular weight is 659 g/mol. The first-order valence-electron chi connectivity index (χ1n) is 11.0. The Morgan fingerprint density at radius 2 is 1.61 bits per heavy atom. The summed E-state index contributed by atoms with van der Waals surface area (Å²) in [6.45, 7) is 1.04. The third-order valence-corrected chi connectivity index (χ3v) is 12.4. The average Bonchev–Trinajstić information content (AvgIpc) is 3.12. The molecule has 0 aliphatic carbocycles. The van der Waals surface area contributed by atoms with Crippen LogP contribution in [0, 0.1) is 0 Å². The van der Waals surface area contributed by atoms with Crippen LogP contribution in [-0.2, 0) is 35.0 Å². The zero-order valence-electron chi connectivity index (χ0n) is 20.4. The summed E-state index contributed by atoms with van der Waals surface area (Å²) < 4.78 is 104. The Morgan fingerprint density at radius 1 is 1.00 bits per heavy atom. The number of ether oxygens (including phenoxy) is 1. The maximum absolute atomic E-state index is 14.0. The van der Waals surface area contributed by atoms with E-state index in [0.717, 1.165) is 0 Å². The second-order valence-corrected chi connectivity index (χ2v) is 14.7. The van der Waals surface area contributed by atoms with Crippen molar-refractivity contribution in [1.29, 1.82) is 0 Å². The number of methoxy groups -OCH3 is 1. The number of hydrogen-bond donors (Lipinski definition) is 2. The molecule has 0 amide bonds. The highest BCUT2D eigenvalue weighted by Gasteiger charge is 2.67. The molecule has 2 unspecified atom stereocenters. The molecule has 2 aromatic rings. The molecule has 1 saturated heterocycles. The molecule has 2 heterocycles. The Balaban J connectivity index is 0.00000400. The smallest absolute Gasteiger partial charge is 0.289 e. The van der Waals surface area contributed by atoms with Gasteiger partial charge in [0.05, 0.1) is 12.8 Å². The number of nitrogens with zero attached hydrogens (tertiary/aromatic N) is 3. The molecule has 38 heavy (non-hydrogen) atoms. The third kappa shape index (κ3) is 5.06. The van der Waals surface area contributed by atoms with E-state index in [4.69, 9.17) is 4.74 Å². The maximum Gasteiger partial charge on any atom is 0.289 e. The Labute approximate surface area is 230 Å². The number of sulfonamides is 1. The molecule has 0 saturated carbocycles. The van der Waals surface area contributed by atoms with Crippen molar-refractivity contribution < 1.29 is 44.6 Å². The first-order valence-corrected chi connectivity index (χ1v) is 16.1. The molecule has 13 nitrogen and oxygen atoms in total. The van der Waals surface area contributed by atoms with Gasteiger partial charge in [0.1, 0.15) is 10.6 Å². The van der Waals surface area contributed by atoms with E-state index in [2.05, 4.69) is 15.9 Å². The van der Waals surface area contributed by atoms with Gasteiger partial charge >= 0.3 is 0 Å². The molecule has 2 aromatic carbocycles. The lowest BCUT2D eigenvalue weighted by atomic mass is 9.98. The van der Waals surface area contributed by atoms with Crippen molar-refractivity contribution in [3.05, 3.63) is 52.5 Å². The van der Waals surface area contributed by atoms with Gasteiger partial charge in [-0.25, -0.2) is 12.7 Å². The van der Waals surface area contributed by atoms with Gasteiger partial charge < -0.3 is 15.1 Å². The summed E-state index contributed by atoms with van der Waals surface area (Å²) in [6.07, 6.45) is 0. The second-order valence-electron chi connectivity index (χ2n) is 8.93. The van der Waals surface area contributed by atoms with Crippen LogP contribution in [0.2, 0.25) is 0 Å². The van der Waals surface area contributed by atoms with Gasteiger partial charge in [-0.2, -0.15) is 16.8 Å². The monoisotopic (exact) mass is 657 g/mol. The van der Waals surface area contributed by atoms with E-state index in [1.54, 1.807) is 11.0 Å². The van der Waals surface area contributed by atoms with E-state index in [1.165, 1.54) is 43.5 Å². The molecule has 0 spiro atoms. The molecular weight excluding hydrogens is 630 g/mol. The minimum Gasteiger partial charge on any atom is -0.497 e. The largest absolute Gasteiger partial charge is 0.497 e. The first kappa shape index (κ1) is 30.7. The third-order valence-electron chi connectivity index (χ3n) is 6.68. The van der Waals surface area contributed by atoms with Crippen molar-refractivity contribution in [3.63, 3.8) is 0 Å². The van der Waals surface area contributed by atoms with Gasteiger partial charge in [-0.3, -0.25) is 14.0 Å². The first-order chi connectivity index (χ1) is 17.1. The molecule has 4 rings (SSSR count). The minimum atomic E-state index is -5.48. The highest BCUT2D eigenvalue weighted by atomic mass is 79.9. The van der Waals surface area contributed by atoms with Gasteiger partial charge in [0.2, 0.25) is 0 Å². The fourth-order valence-electron chi connectivity index (χ4n) is 4.85. The SMILES string of the molecule is COc1ccc2c(c1)C(CN1CCN(C)CC1)(S(=O)(=O)O)C(S(=O)(=O)O)N2S(=O)(=O)c1ccccc1Br.O. The van der Waals surface area contributed by atoms with Crippen LogP contribution in [-0.4, -0.2) is 102 Å². The zero-order chi connectivity index (χ0) is 27.4. The Hall–Kier alpha value is -1.83. The summed E-state index contributed by atoms with van der Waals surface area (Å²) in [5.74, 6) is 0.0966. The van der Waals surface area contributed by atoms with Crippen LogP contribution in [0.25, 0.3) is 0 Å². The van der Waals surface area contributed by atoms with Crippen LogP contribution in [0.15, 0.2) is 51.8 Å². The number of fused-ring (bicyclic) bond motifs is 1. The number of piperazine rings is 1. The van der Waals surface area contributed by atoms with E-state index >= 15 is 0 Å². The van der Waals surface area contributed by atoms with Gasteiger partial charge in [0.25, 0.3) is 30.3 Å². The highest BCUT2D eigenvalue weighted by molar-refractivity contribution is 9.10. The summed E-state index contributed by atoms with van der Waals surface area (Å²) in [4.78, 5) is 3.23. The molecule has 0 aromatic heterocycles. The molecule has 1 fully saturated rings. The number of likely N-dealkylation sites (N-methyl/N-ethyl adjacent to an activating group) is 1. The van der Waals surface area contributed by atoms with Gasteiger partial charge in [0.15, 0.2) is 10.1 Å². The van der Waals surface area contributed by atoms with Crippen molar-refractivity contribution in [2.24, 2.45) is 0 Å². The van der Waals surface area contributed by atoms with Gasteiger partial charge in [-0.1, -0.05) is 12.1 Å². The fourth-order valence-corrected chi connectivity index (χ4v) is 11.0. The Morgan fingerprint density at radius 3 is 2.13 bits per heavy atom. The molecule has 2 aliphatic heterocycles. The van der Waals surface area contributed by atoms with Gasteiger partial charge in [-0.15, -0.1) is 0 Å². The fraction of sp³-hybridized carbons (Fsp3) is 0.429. The molecule has 0 bridgehead atoms. The van der Waals surface area contributed by atoms with E-state index in [9.17, 15) is 34.4 Å². The lowest BCUT2D eigenvalue weighted by molar-refractivity contribution is 0.138. The van der Waals surface area contributed by atoms with Crippen LogP contribution >= 0.6 is 15.9 Å². The van der Waals surface area contributed by atoms with Crippen LogP contribution in [0.3, 0.4) is 0 Å². The summed E-state index contributed by atoms with van der Waals surface area (Å²) in [5.41, 5.74) is -0.655. The standard InChI is InChI=1S/C21H26BrN3O9S3.H2O/c1-23-9-11-24(12-10-23)14-21(37(31,32)33)16-13-15(34-2)7-8-18(16)25(20(21)36(28,29)30)35(26,27)19-6-4-3-5-17(19)22;/h3-8,13,20H,9-12,14H2,1-2H3,(H,28,29,30)(H,31,32,33);1H2. The van der Waals surface area contributed by atoms with Crippen LogP contribution in [0.1, 0.15) is 5.56 Å². The molecule has 17 heteroatoms. The number of benzene rings is 2. The molecule has 212 valence electrons. The molecular formula is C21H28BrN3O10S3. The Bertz CT molecular complexity index is 1530. The highest BCUT2D eigenvalue weighted by Crippen LogP contribution is 2.54. The summed E-state index contributed by atoms with van der Waals surface area (Å²) in [7, 11) is -12.5. The maximum atomic E-state index is 14.0. The molecule has 2 atom stereocenters. The van der Waals surface area contributed by atoms with Crippen molar-refractivity contribution in [2.75, 3.05) is 51.2 Å². The lowest BCUT2D eigenvalue weighted by Gasteiger charge is -2.40. The molecule has 0 radical (unpaired) electrons. The molecule has 4 N–H and O–H groups in total. The zero-order valence-corrected chi connectivity index (χ0v) is 24.4. The minimum absolute atomic E-state index is 0. The normalized spacial score (nSPS) is 23.1. The van der Waals surface area contributed by atoms with Crippen LogP contribution < -0.4 is 9.04 Å². The molecule has 2 aliphatic rings. The predicted molar refractivity (Wildman–Crippen MR) is 143 cm³/mol. The van der Waals surface area contributed by atoms with Crippen LogP contribution in [0.4, 0.5) is 5.69 Å². The van der Waals surface area contributed by atoms with Crippen LogP contribution in [0.5, 0.6) is 5.75 Å². The number of anilines is 1. The van der Waals surface area contributed by atoms with Crippen molar-refractivity contribution >= 4 is 51.9 Å². The van der Waals surface area contributed by atoms with E-state index in [1.807, 2.05) is 11.9 Å². The summed E-state index contributed by atoms with van der Waals surface area (Å²) >= 11 is 3.15. The van der Waals surface area contributed by atoms with Gasteiger partial charge in [0, 0.05) is 42.8 Å². The number of hydrogen-bond acceptors (Lipinski definition) is 9. The topological polar surface area (TPSA) is 193 Å². The number of rotatable bonds is 7. The quantitative estimate of drug-likeness (QED) is 0.391. The lowest BCUT2D eigenvalue weighted by Crippen LogP contribution is -2.61. The van der Waals surface area contributed by atoms with E-state index in [0.29, 0.717) is 30.5 Å². The number of halogens is 1. The van der Waals surface area contributed by atoms with Crippen molar-refractivity contribution in [3.8, 4) is 5.75 Å². The van der Waals surface area contributed by atoms with Gasteiger partial charge in [-0.05, 0) is 53.3 Å². The summed E-state index contributed by atoms with van der Waals surface area (Å²) in [5, 5.41) is -2.63. The van der Waals surface area contributed by atoms with Crippen molar-refractivity contribution in [1.82, 2.24) is 9.80 Å². The van der Waals surface area contributed by atoms with Crippen molar-refractivity contribution in [2.45, 2.75) is 15.0 Å². The second kappa shape index (κ2) is 10.6. The predicted octanol–water partition coefficient (Wildman–Crippen LogP) is 0.386. The summed E-state index contributed by atoms with van der Waals surface area (Å²) in [6, 6.07) is 9.27. The van der Waals surface area contributed by atoms with E-state index in [-0.39, 0.29) is 31.8 Å². The Kier molecular flexibility index (Phi) is 8.59. The van der Waals surface area contributed by atoms with E-state index < -0.39 is 46.9 Å².